The van der Waals surface area contributed by atoms with E-state index in [9.17, 15) is 19.3 Å². The van der Waals surface area contributed by atoms with E-state index in [1.165, 1.54) is 12.1 Å². The van der Waals surface area contributed by atoms with E-state index in [4.69, 9.17) is 0 Å². The minimum Gasteiger partial charge on any atom is -0.358 e. The minimum absolute atomic E-state index is 0.116. The van der Waals surface area contributed by atoms with Crippen molar-refractivity contribution in [3.05, 3.63) is 69.8 Å². The van der Waals surface area contributed by atoms with E-state index in [0.717, 1.165) is 11.6 Å². The van der Waals surface area contributed by atoms with Crippen LogP contribution in [0, 0.1) is 15.9 Å². The number of nitrogens with zero attached hydrogens (tertiary/aromatic N) is 4. The van der Waals surface area contributed by atoms with Crippen LogP contribution in [0.5, 0.6) is 0 Å². The number of carbonyl (C=O) groups is 1. The molecule has 3 aromatic rings. The second-order valence-corrected chi connectivity index (χ2v) is 4.87. The van der Waals surface area contributed by atoms with Gasteiger partial charge in [0.2, 0.25) is 0 Å². The van der Waals surface area contributed by atoms with Gasteiger partial charge in [-0.1, -0.05) is 17.2 Å². The summed E-state index contributed by atoms with van der Waals surface area (Å²) in [6, 6.07) is 8.58. The minimum atomic E-state index is -0.679. The summed E-state index contributed by atoms with van der Waals surface area (Å²) in [5, 5.41) is 22.9. The molecule has 1 amide bonds. The Kier molecular flexibility index (Phi) is 4.01. The molecule has 9 nitrogen and oxygen atoms in total. The van der Waals surface area contributed by atoms with E-state index < -0.39 is 10.8 Å². The third kappa shape index (κ3) is 3.43. The van der Waals surface area contributed by atoms with E-state index in [0.29, 0.717) is 6.54 Å². The van der Waals surface area contributed by atoms with Crippen LogP contribution >= 0.6 is 0 Å². The summed E-state index contributed by atoms with van der Waals surface area (Å²) in [5.74, 6) is -1.04. The van der Waals surface area contributed by atoms with E-state index >= 15 is 0 Å². The lowest BCUT2D eigenvalue weighted by molar-refractivity contribution is -0.389. The van der Waals surface area contributed by atoms with Crippen molar-refractivity contribution in [2.75, 3.05) is 5.32 Å². The lowest BCUT2D eigenvalue weighted by Crippen LogP contribution is -2.13. The number of aromatic nitrogens is 4. The number of halogens is 1. The number of hydrogen-bond donors (Lipinski definition) is 2. The maximum absolute atomic E-state index is 12.9. The van der Waals surface area contributed by atoms with Crippen molar-refractivity contribution in [2.45, 2.75) is 6.54 Å². The Morgan fingerprint density at radius 3 is 2.75 bits per heavy atom. The number of rotatable bonds is 5. The third-order valence-electron chi connectivity index (χ3n) is 3.13. The van der Waals surface area contributed by atoms with Gasteiger partial charge in [-0.05, 0) is 22.6 Å². The Morgan fingerprint density at radius 1 is 1.33 bits per heavy atom. The molecule has 0 aliphatic carbocycles. The molecule has 0 aliphatic heterocycles. The molecule has 0 spiro atoms. The molecule has 0 saturated carbocycles. The standard InChI is InChI=1S/C14H11FN6O3/c15-10-3-1-9(2-4-10)8-20-6-5-12(19-20)16-14(22)11-7-13(18-17-11)21(23)24/h1-7H,8H2,(H,17,18)(H,16,19,22). The Balaban J connectivity index is 1.65. The number of aromatic amines is 1. The van der Waals surface area contributed by atoms with E-state index in [2.05, 4.69) is 20.6 Å². The van der Waals surface area contributed by atoms with Crippen LogP contribution in [0.15, 0.2) is 42.6 Å². The molecule has 2 heterocycles. The summed E-state index contributed by atoms with van der Waals surface area (Å²) in [5.41, 5.74) is 0.732. The summed E-state index contributed by atoms with van der Waals surface area (Å²) < 4.78 is 14.4. The molecule has 3 rings (SSSR count). The number of H-pyrrole nitrogens is 1. The van der Waals surface area contributed by atoms with E-state index in [1.54, 1.807) is 29.1 Å². The number of hydrogen-bond acceptors (Lipinski definition) is 5. The second-order valence-electron chi connectivity index (χ2n) is 4.87. The van der Waals surface area contributed by atoms with Gasteiger partial charge in [0.25, 0.3) is 5.91 Å². The molecule has 0 radical (unpaired) electrons. The van der Waals surface area contributed by atoms with Crippen molar-refractivity contribution in [1.29, 1.82) is 0 Å². The number of nitro groups is 1. The van der Waals surface area contributed by atoms with Crippen LogP contribution in [0.3, 0.4) is 0 Å². The van der Waals surface area contributed by atoms with Crippen molar-refractivity contribution < 1.29 is 14.1 Å². The van der Waals surface area contributed by atoms with Gasteiger partial charge in [-0.3, -0.25) is 9.48 Å². The molecule has 0 bridgehead atoms. The fraction of sp³-hybridized carbons (Fsp3) is 0.0714. The van der Waals surface area contributed by atoms with Crippen LogP contribution in [0.2, 0.25) is 0 Å². The fourth-order valence-electron chi connectivity index (χ4n) is 2.00. The van der Waals surface area contributed by atoms with Crippen molar-refractivity contribution in [2.24, 2.45) is 0 Å². The highest BCUT2D eigenvalue weighted by atomic mass is 19.1. The van der Waals surface area contributed by atoms with Crippen LogP contribution in [0.1, 0.15) is 16.1 Å². The molecular formula is C14H11FN6O3. The van der Waals surface area contributed by atoms with Gasteiger partial charge in [0.1, 0.15) is 5.82 Å². The monoisotopic (exact) mass is 330 g/mol. The van der Waals surface area contributed by atoms with Gasteiger partial charge in [-0.2, -0.15) is 5.10 Å². The normalized spacial score (nSPS) is 10.5. The van der Waals surface area contributed by atoms with Crippen LogP contribution in [0.25, 0.3) is 0 Å². The highest BCUT2D eigenvalue weighted by molar-refractivity contribution is 6.02. The summed E-state index contributed by atoms with van der Waals surface area (Å²) in [7, 11) is 0. The van der Waals surface area contributed by atoms with Crippen LogP contribution in [-0.4, -0.2) is 30.8 Å². The number of amides is 1. The second kappa shape index (κ2) is 6.28. The van der Waals surface area contributed by atoms with Crippen LogP contribution < -0.4 is 5.32 Å². The van der Waals surface area contributed by atoms with Gasteiger partial charge >= 0.3 is 5.82 Å². The van der Waals surface area contributed by atoms with Gasteiger partial charge in [-0.25, -0.2) is 4.39 Å². The van der Waals surface area contributed by atoms with Crippen molar-refractivity contribution in [1.82, 2.24) is 20.0 Å². The Morgan fingerprint density at radius 2 is 2.08 bits per heavy atom. The summed E-state index contributed by atoms with van der Waals surface area (Å²) in [4.78, 5) is 21.8. The van der Waals surface area contributed by atoms with Gasteiger partial charge in [-0.15, -0.1) is 5.10 Å². The average Bonchev–Trinajstić information content (AvgIpc) is 3.19. The van der Waals surface area contributed by atoms with E-state index in [-0.39, 0.29) is 23.1 Å². The molecular weight excluding hydrogens is 319 g/mol. The molecule has 0 fully saturated rings. The zero-order chi connectivity index (χ0) is 17.1. The van der Waals surface area contributed by atoms with Crippen molar-refractivity contribution >= 4 is 17.5 Å². The summed E-state index contributed by atoms with van der Waals surface area (Å²) in [6.45, 7) is 0.407. The molecule has 10 heteroatoms. The number of nitrogens with one attached hydrogen (secondary N) is 2. The average molecular weight is 330 g/mol. The zero-order valence-electron chi connectivity index (χ0n) is 12.1. The first-order valence-electron chi connectivity index (χ1n) is 6.80. The SMILES string of the molecule is O=C(Nc1ccn(Cc2ccc(F)cc2)n1)c1cc([N+](=O)[O-])[nH]n1. The molecule has 1 aromatic carbocycles. The first-order valence-corrected chi connectivity index (χ1v) is 6.80. The molecule has 2 aromatic heterocycles. The zero-order valence-corrected chi connectivity index (χ0v) is 12.1. The highest BCUT2D eigenvalue weighted by Gasteiger charge is 2.17. The van der Waals surface area contributed by atoms with E-state index in [1.807, 2.05) is 0 Å². The fourth-order valence-corrected chi connectivity index (χ4v) is 2.00. The molecule has 2 N–H and O–H groups in total. The van der Waals surface area contributed by atoms with Crippen molar-refractivity contribution in [3.63, 3.8) is 0 Å². The maximum atomic E-state index is 12.9. The molecule has 0 unspecified atom stereocenters. The quantitative estimate of drug-likeness (QED) is 0.547. The molecule has 0 atom stereocenters. The smallest absolute Gasteiger partial charge is 0.343 e. The Labute approximate surface area is 134 Å². The predicted octanol–water partition coefficient (Wildman–Crippen LogP) is 1.95. The Bertz CT molecular complexity index is 886. The first-order chi connectivity index (χ1) is 11.5. The molecule has 122 valence electrons. The lowest BCUT2D eigenvalue weighted by Gasteiger charge is -2.02. The summed E-state index contributed by atoms with van der Waals surface area (Å²) >= 11 is 0. The van der Waals surface area contributed by atoms with Crippen LogP contribution in [0.4, 0.5) is 16.0 Å². The van der Waals surface area contributed by atoms with Gasteiger partial charge in [0, 0.05) is 12.3 Å². The number of benzene rings is 1. The van der Waals surface area contributed by atoms with Gasteiger partial charge in [0.15, 0.2) is 11.5 Å². The van der Waals surface area contributed by atoms with Crippen molar-refractivity contribution in [3.8, 4) is 0 Å². The number of anilines is 1. The highest BCUT2D eigenvalue weighted by Crippen LogP contribution is 2.11. The predicted molar refractivity (Wildman–Crippen MR) is 80.9 cm³/mol. The van der Waals surface area contributed by atoms with Gasteiger partial charge in [0.05, 0.1) is 12.6 Å². The Hall–Kier alpha value is -3.56. The van der Waals surface area contributed by atoms with Gasteiger partial charge < -0.3 is 15.4 Å². The largest absolute Gasteiger partial charge is 0.358 e. The molecule has 0 aliphatic rings. The molecule has 0 saturated heterocycles. The topological polar surface area (TPSA) is 119 Å². The number of carbonyl (C=O) groups excluding carboxylic acids is 1. The van der Waals surface area contributed by atoms with Crippen LogP contribution in [-0.2, 0) is 6.54 Å². The summed E-state index contributed by atoms with van der Waals surface area (Å²) in [6.07, 6.45) is 1.64. The third-order valence-corrected chi connectivity index (χ3v) is 3.13. The lowest BCUT2D eigenvalue weighted by atomic mass is 10.2. The maximum Gasteiger partial charge on any atom is 0.343 e. The first kappa shape index (κ1) is 15.3. The molecule has 24 heavy (non-hydrogen) atoms.